The summed E-state index contributed by atoms with van der Waals surface area (Å²) >= 11 is 6.15. The normalized spacial score (nSPS) is 11.9. The molecule has 1 atom stereocenters. The minimum Gasteiger partial charge on any atom is -0.495 e. The number of fused-ring (bicyclic) bond motifs is 1. The average molecular weight is 468 g/mol. The largest absolute Gasteiger partial charge is 0.495 e. The van der Waals surface area contributed by atoms with Gasteiger partial charge in [-0.15, -0.1) is 0 Å². The molecule has 1 unspecified atom stereocenters. The number of anilines is 1. The Bertz CT molecular complexity index is 1480. The van der Waals surface area contributed by atoms with Crippen LogP contribution in [0, 0.1) is 5.82 Å². The zero-order valence-electron chi connectivity index (χ0n) is 17.7. The molecule has 0 spiro atoms. The number of hydrogen-bond acceptors (Lipinski definition) is 4. The van der Waals surface area contributed by atoms with Crippen LogP contribution >= 0.6 is 11.6 Å². The van der Waals surface area contributed by atoms with E-state index in [2.05, 4.69) is 5.32 Å². The van der Waals surface area contributed by atoms with Crippen molar-refractivity contribution in [3.05, 3.63) is 98.4 Å². The summed E-state index contributed by atoms with van der Waals surface area (Å²) in [6.45, 7) is 1.53. The van der Waals surface area contributed by atoms with Gasteiger partial charge in [-0.25, -0.2) is 13.8 Å². The van der Waals surface area contributed by atoms with Gasteiger partial charge in [0.25, 0.3) is 5.56 Å². The topological polar surface area (TPSA) is 82.3 Å². The van der Waals surface area contributed by atoms with E-state index in [4.69, 9.17) is 16.3 Å². The maximum absolute atomic E-state index is 13.6. The second-order valence-corrected chi connectivity index (χ2v) is 7.74. The summed E-state index contributed by atoms with van der Waals surface area (Å²) in [5.74, 6) is -0.656. The molecular weight excluding hydrogens is 449 g/mol. The third kappa shape index (κ3) is 4.12. The molecule has 0 aliphatic rings. The number of para-hydroxylation sites is 2. The number of halogens is 2. The molecule has 0 aliphatic carbocycles. The van der Waals surface area contributed by atoms with Crippen molar-refractivity contribution in [1.29, 1.82) is 0 Å². The van der Waals surface area contributed by atoms with Gasteiger partial charge in [0.2, 0.25) is 5.91 Å². The molecule has 1 heterocycles. The Morgan fingerprint density at radius 2 is 1.76 bits per heavy atom. The van der Waals surface area contributed by atoms with Crippen molar-refractivity contribution in [2.24, 2.45) is 0 Å². The lowest BCUT2D eigenvalue weighted by Crippen LogP contribution is -2.42. The maximum atomic E-state index is 13.6. The number of methoxy groups -OCH3 is 1. The van der Waals surface area contributed by atoms with Gasteiger partial charge in [-0.1, -0.05) is 23.7 Å². The first-order valence-electron chi connectivity index (χ1n) is 9.98. The highest BCUT2D eigenvalue weighted by molar-refractivity contribution is 6.31. The number of nitrogens with one attached hydrogen (secondary N) is 1. The van der Waals surface area contributed by atoms with Crippen molar-refractivity contribution in [2.75, 3.05) is 12.4 Å². The molecule has 0 saturated carbocycles. The van der Waals surface area contributed by atoms with E-state index in [0.29, 0.717) is 16.5 Å². The molecule has 1 N–H and O–H groups in total. The quantitative estimate of drug-likeness (QED) is 0.478. The van der Waals surface area contributed by atoms with E-state index in [1.165, 1.54) is 61.1 Å². The smallest absolute Gasteiger partial charge is 0.337 e. The SMILES string of the molecule is COc1ccccc1-n1c(=O)c2ccc(Cl)cc2n(C(C)C(=O)Nc2ccc(F)cc2)c1=O. The van der Waals surface area contributed by atoms with E-state index in [-0.39, 0.29) is 16.6 Å². The number of carbonyl (C=O) groups is 1. The summed E-state index contributed by atoms with van der Waals surface area (Å²) in [6, 6.07) is 15.3. The van der Waals surface area contributed by atoms with Crippen LogP contribution in [0.1, 0.15) is 13.0 Å². The van der Waals surface area contributed by atoms with Gasteiger partial charge in [-0.2, -0.15) is 0 Å². The molecule has 1 aromatic heterocycles. The predicted molar refractivity (Wildman–Crippen MR) is 125 cm³/mol. The molecule has 4 aromatic rings. The molecule has 0 aliphatic heterocycles. The molecule has 9 heteroatoms. The number of rotatable bonds is 5. The number of amides is 1. The van der Waals surface area contributed by atoms with Crippen molar-refractivity contribution in [3.63, 3.8) is 0 Å². The van der Waals surface area contributed by atoms with Gasteiger partial charge >= 0.3 is 5.69 Å². The molecular formula is C24H19ClFN3O4. The van der Waals surface area contributed by atoms with Gasteiger partial charge in [-0.3, -0.25) is 14.2 Å². The Morgan fingerprint density at radius 3 is 2.45 bits per heavy atom. The van der Waals surface area contributed by atoms with Crippen LogP contribution in [0.25, 0.3) is 16.6 Å². The summed E-state index contributed by atoms with van der Waals surface area (Å²) in [5, 5.41) is 3.16. The maximum Gasteiger partial charge on any atom is 0.337 e. The van der Waals surface area contributed by atoms with Crippen LogP contribution in [0.2, 0.25) is 5.02 Å². The lowest BCUT2D eigenvalue weighted by Gasteiger charge is -2.20. The van der Waals surface area contributed by atoms with Crippen molar-refractivity contribution in [2.45, 2.75) is 13.0 Å². The van der Waals surface area contributed by atoms with Gasteiger partial charge in [-0.05, 0) is 61.5 Å². The second kappa shape index (κ2) is 8.91. The van der Waals surface area contributed by atoms with Crippen molar-refractivity contribution < 1.29 is 13.9 Å². The summed E-state index contributed by atoms with van der Waals surface area (Å²) in [4.78, 5) is 40.0. The number of hydrogen-bond donors (Lipinski definition) is 1. The van der Waals surface area contributed by atoms with Crippen LogP contribution in [0.4, 0.5) is 10.1 Å². The third-order valence-corrected chi connectivity index (χ3v) is 5.49. The minimum absolute atomic E-state index is 0.200. The fourth-order valence-corrected chi connectivity index (χ4v) is 3.77. The van der Waals surface area contributed by atoms with Crippen LogP contribution in [-0.4, -0.2) is 22.2 Å². The Balaban J connectivity index is 1.94. The summed E-state index contributed by atoms with van der Waals surface area (Å²) < 4.78 is 20.7. The fraction of sp³-hybridized carbons (Fsp3) is 0.125. The van der Waals surface area contributed by atoms with Gasteiger partial charge in [0.05, 0.1) is 23.7 Å². The average Bonchev–Trinajstić information content (AvgIpc) is 2.80. The zero-order valence-corrected chi connectivity index (χ0v) is 18.5. The highest BCUT2D eigenvalue weighted by Gasteiger charge is 2.24. The van der Waals surface area contributed by atoms with E-state index in [1.807, 2.05) is 0 Å². The zero-order chi connectivity index (χ0) is 23.7. The molecule has 0 fully saturated rings. The van der Waals surface area contributed by atoms with E-state index in [1.54, 1.807) is 24.3 Å². The summed E-state index contributed by atoms with van der Waals surface area (Å²) in [5.41, 5.74) is -0.488. The predicted octanol–water partition coefficient (Wildman–Crippen LogP) is 4.15. The van der Waals surface area contributed by atoms with Crippen LogP contribution < -0.4 is 21.3 Å². The van der Waals surface area contributed by atoms with Gasteiger partial charge in [0.1, 0.15) is 17.6 Å². The first-order valence-corrected chi connectivity index (χ1v) is 10.4. The van der Waals surface area contributed by atoms with E-state index < -0.39 is 29.0 Å². The molecule has 0 bridgehead atoms. The van der Waals surface area contributed by atoms with E-state index in [9.17, 15) is 18.8 Å². The number of benzene rings is 3. The Labute approximate surface area is 192 Å². The standard InChI is InChI=1S/C24H19ClFN3O4/c1-14(22(30)27-17-10-8-16(26)9-11-17)28-20-13-15(25)7-12-18(20)23(31)29(24(28)32)19-5-3-4-6-21(19)33-2/h3-14H,1-2H3,(H,27,30). The first-order chi connectivity index (χ1) is 15.8. The Kier molecular flexibility index (Phi) is 6.02. The summed E-state index contributed by atoms with van der Waals surface area (Å²) in [6.07, 6.45) is 0. The van der Waals surface area contributed by atoms with Crippen molar-refractivity contribution in [3.8, 4) is 11.4 Å². The lowest BCUT2D eigenvalue weighted by molar-refractivity contribution is -0.118. The van der Waals surface area contributed by atoms with Crippen LogP contribution in [0.15, 0.2) is 76.3 Å². The number of nitrogens with zero attached hydrogens (tertiary/aromatic N) is 2. The van der Waals surface area contributed by atoms with Gasteiger partial charge < -0.3 is 10.1 Å². The van der Waals surface area contributed by atoms with Crippen molar-refractivity contribution in [1.82, 2.24) is 9.13 Å². The molecule has 7 nitrogen and oxygen atoms in total. The number of aromatic nitrogens is 2. The van der Waals surface area contributed by atoms with Crippen LogP contribution in [-0.2, 0) is 4.79 Å². The highest BCUT2D eigenvalue weighted by atomic mass is 35.5. The van der Waals surface area contributed by atoms with Crippen LogP contribution in [0.3, 0.4) is 0 Å². The van der Waals surface area contributed by atoms with E-state index in [0.717, 1.165) is 4.57 Å². The molecule has 168 valence electrons. The van der Waals surface area contributed by atoms with Crippen molar-refractivity contribution >= 4 is 34.1 Å². The fourth-order valence-electron chi connectivity index (χ4n) is 3.60. The minimum atomic E-state index is -1.04. The third-order valence-electron chi connectivity index (χ3n) is 5.25. The molecule has 3 aromatic carbocycles. The lowest BCUT2D eigenvalue weighted by atomic mass is 10.2. The molecule has 33 heavy (non-hydrogen) atoms. The molecule has 4 rings (SSSR count). The Morgan fingerprint density at radius 1 is 1.06 bits per heavy atom. The van der Waals surface area contributed by atoms with Gasteiger partial charge in [0, 0.05) is 10.7 Å². The number of carbonyl (C=O) groups excluding carboxylic acids is 1. The van der Waals surface area contributed by atoms with Crippen LogP contribution in [0.5, 0.6) is 5.75 Å². The molecule has 1 amide bonds. The summed E-state index contributed by atoms with van der Waals surface area (Å²) in [7, 11) is 1.43. The molecule has 0 saturated heterocycles. The number of ether oxygens (including phenoxy) is 1. The van der Waals surface area contributed by atoms with E-state index >= 15 is 0 Å². The first kappa shape index (κ1) is 22.3. The highest BCUT2D eigenvalue weighted by Crippen LogP contribution is 2.23. The second-order valence-electron chi connectivity index (χ2n) is 7.30. The van der Waals surface area contributed by atoms with Gasteiger partial charge in [0.15, 0.2) is 0 Å². The molecule has 0 radical (unpaired) electrons. The Hall–Kier alpha value is -3.91. The monoisotopic (exact) mass is 467 g/mol.